The van der Waals surface area contributed by atoms with Crippen LogP contribution in [0.2, 0.25) is 0 Å². The molecule has 0 fully saturated rings. The zero-order valence-electron chi connectivity index (χ0n) is 8.72. The summed E-state index contributed by atoms with van der Waals surface area (Å²) in [5.41, 5.74) is 4.41. The van der Waals surface area contributed by atoms with E-state index in [-0.39, 0.29) is 5.41 Å². The highest BCUT2D eigenvalue weighted by Gasteiger charge is 2.32. The molecule has 1 aromatic rings. The van der Waals surface area contributed by atoms with Crippen molar-refractivity contribution in [1.82, 2.24) is 0 Å². The topological polar surface area (TPSA) is 12.0 Å². The van der Waals surface area contributed by atoms with Crippen molar-refractivity contribution < 1.29 is 0 Å². The molecular weight excluding hydrogens is 170 g/mol. The Labute approximate surface area is 85.2 Å². The number of hydrogen-bond donors (Lipinski definition) is 1. The van der Waals surface area contributed by atoms with Crippen LogP contribution in [0.5, 0.6) is 0 Å². The van der Waals surface area contributed by atoms with Crippen LogP contribution in [0, 0.1) is 0 Å². The zero-order valence-corrected chi connectivity index (χ0v) is 8.72. The Morgan fingerprint density at radius 1 is 1.14 bits per heavy atom. The third-order valence-electron chi connectivity index (χ3n) is 3.00. The third kappa shape index (κ3) is 1.09. The van der Waals surface area contributed by atoms with E-state index < -0.39 is 0 Å². The molecule has 1 aliphatic rings. The summed E-state index contributed by atoms with van der Waals surface area (Å²) < 4.78 is 0. The van der Waals surface area contributed by atoms with Crippen molar-refractivity contribution in [2.24, 2.45) is 0 Å². The molecule has 1 heterocycles. The molecule has 0 radical (unpaired) electrons. The molecule has 0 unspecified atom stereocenters. The average molecular weight is 185 g/mol. The Balaban J connectivity index is 2.65. The summed E-state index contributed by atoms with van der Waals surface area (Å²) >= 11 is 0. The highest BCUT2D eigenvalue weighted by molar-refractivity contribution is 5.68. The minimum Gasteiger partial charge on any atom is -0.356 e. The Morgan fingerprint density at radius 3 is 2.50 bits per heavy atom. The second-order valence-electron chi connectivity index (χ2n) is 4.25. The van der Waals surface area contributed by atoms with Gasteiger partial charge < -0.3 is 5.32 Å². The number of allylic oxidation sites excluding steroid dienone is 1. The van der Waals surface area contributed by atoms with E-state index in [0.717, 1.165) is 17.0 Å². The van der Waals surface area contributed by atoms with E-state index in [1.807, 2.05) is 6.07 Å². The normalized spacial score (nSPS) is 18.7. The second-order valence-corrected chi connectivity index (χ2v) is 4.25. The molecule has 1 N–H and O–H groups in total. The molecule has 0 aliphatic carbocycles. The van der Waals surface area contributed by atoms with E-state index in [1.165, 1.54) is 5.56 Å². The van der Waals surface area contributed by atoms with Gasteiger partial charge in [-0.3, -0.25) is 0 Å². The fourth-order valence-electron chi connectivity index (χ4n) is 1.91. The lowest BCUT2D eigenvalue weighted by Gasteiger charge is -2.36. The van der Waals surface area contributed by atoms with E-state index in [0.29, 0.717) is 0 Å². The molecule has 0 saturated heterocycles. The molecule has 1 nitrogen and oxygen atoms in total. The van der Waals surface area contributed by atoms with Crippen LogP contribution in [0.3, 0.4) is 0 Å². The predicted molar refractivity (Wildman–Crippen MR) is 61.4 cm³/mol. The number of nitrogens with one attached hydrogen (secondary N) is 1. The first-order chi connectivity index (χ1) is 6.53. The highest BCUT2D eigenvalue weighted by Crippen LogP contribution is 2.42. The largest absolute Gasteiger partial charge is 0.356 e. The Hall–Kier alpha value is -1.50. The van der Waals surface area contributed by atoms with Crippen molar-refractivity contribution in [3.8, 4) is 0 Å². The average Bonchev–Trinajstić information content (AvgIpc) is 2.15. The maximum Gasteiger partial charge on any atom is 0.0425 e. The van der Waals surface area contributed by atoms with Gasteiger partial charge in [0, 0.05) is 16.8 Å². The minimum absolute atomic E-state index is 0.0150. The first kappa shape index (κ1) is 9.07. The Morgan fingerprint density at radius 2 is 1.79 bits per heavy atom. The summed E-state index contributed by atoms with van der Waals surface area (Å²) in [7, 11) is 0. The van der Waals surface area contributed by atoms with Crippen LogP contribution >= 0.6 is 0 Å². The SMILES string of the molecule is C=C1Nc2ccccc2C(C)(C)C1=C. The first-order valence-electron chi connectivity index (χ1n) is 4.78. The van der Waals surface area contributed by atoms with Gasteiger partial charge in [0.05, 0.1) is 0 Å². The number of benzene rings is 1. The van der Waals surface area contributed by atoms with Crippen LogP contribution < -0.4 is 5.32 Å². The monoisotopic (exact) mass is 185 g/mol. The fourth-order valence-corrected chi connectivity index (χ4v) is 1.91. The molecule has 0 saturated carbocycles. The second kappa shape index (κ2) is 2.74. The molecule has 72 valence electrons. The van der Waals surface area contributed by atoms with Crippen LogP contribution in [0.1, 0.15) is 19.4 Å². The molecular formula is C13H15N. The van der Waals surface area contributed by atoms with Crippen LogP contribution in [-0.2, 0) is 5.41 Å². The van der Waals surface area contributed by atoms with Gasteiger partial charge in [-0.2, -0.15) is 0 Å². The smallest absolute Gasteiger partial charge is 0.0425 e. The van der Waals surface area contributed by atoms with Crippen LogP contribution in [0.25, 0.3) is 0 Å². The molecule has 1 aliphatic heterocycles. The lowest BCUT2D eigenvalue weighted by molar-refractivity contribution is 0.626. The van der Waals surface area contributed by atoms with Gasteiger partial charge in [-0.15, -0.1) is 0 Å². The van der Waals surface area contributed by atoms with Gasteiger partial charge in [-0.25, -0.2) is 0 Å². The summed E-state index contributed by atoms with van der Waals surface area (Å²) in [6, 6.07) is 8.31. The van der Waals surface area contributed by atoms with E-state index >= 15 is 0 Å². The number of anilines is 1. The number of para-hydroxylation sites is 1. The maximum absolute atomic E-state index is 4.08. The predicted octanol–water partition coefficient (Wildman–Crippen LogP) is 3.46. The lowest BCUT2D eigenvalue weighted by Crippen LogP contribution is -2.28. The summed E-state index contributed by atoms with van der Waals surface area (Å²) in [5.74, 6) is 0. The summed E-state index contributed by atoms with van der Waals surface area (Å²) in [4.78, 5) is 0. The molecule has 1 aromatic carbocycles. The van der Waals surface area contributed by atoms with Gasteiger partial charge in [-0.1, -0.05) is 45.2 Å². The minimum atomic E-state index is -0.0150. The van der Waals surface area contributed by atoms with Gasteiger partial charge in [0.15, 0.2) is 0 Å². The van der Waals surface area contributed by atoms with Crippen molar-refractivity contribution in [3.05, 3.63) is 54.3 Å². The van der Waals surface area contributed by atoms with E-state index in [4.69, 9.17) is 0 Å². The summed E-state index contributed by atoms with van der Waals surface area (Å²) in [6.07, 6.45) is 0. The van der Waals surface area contributed by atoms with E-state index in [9.17, 15) is 0 Å². The molecule has 0 amide bonds. The van der Waals surface area contributed by atoms with Gasteiger partial charge in [0.2, 0.25) is 0 Å². The van der Waals surface area contributed by atoms with Gasteiger partial charge in [0.1, 0.15) is 0 Å². The first-order valence-corrected chi connectivity index (χ1v) is 4.78. The summed E-state index contributed by atoms with van der Waals surface area (Å²) in [6.45, 7) is 12.4. The Kier molecular flexibility index (Phi) is 1.78. The molecule has 2 rings (SSSR count). The molecule has 0 bridgehead atoms. The van der Waals surface area contributed by atoms with E-state index in [2.05, 4.69) is 50.5 Å². The summed E-state index contributed by atoms with van der Waals surface area (Å²) in [5, 5.41) is 3.27. The van der Waals surface area contributed by atoms with Gasteiger partial charge >= 0.3 is 0 Å². The van der Waals surface area contributed by atoms with Crippen molar-refractivity contribution in [2.45, 2.75) is 19.3 Å². The molecule has 1 heteroatoms. The number of hydrogen-bond acceptors (Lipinski definition) is 1. The molecule has 0 atom stereocenters. The fraction of sp³-hybridized carbons (Fsp3) is 0.231. The van der Waals surface area contributed by atoms with Crippen LogP contribution in [-0.4, -0.2) is 0 Å². The molecule has 14 heavy (non-hydrogen) atoms. The van der Waals surface area contributed by atoms with Gasteiger partial charge in [-0.05, 0) is 17.2 Å². The van der Waals surface area contributed by atoms with E-state index in [1.54, 1.807) is 0 Å². The highest BCUT2D eigenvalue weighted by atomic mass is 14.9. The zero-order chi connectivity index (χ0) is 10.3. The standard InChI is InChI=1S/C13H15N/c1-9-10(2)14-12-8-6-5-7-11(12)13(9,3)4/h5-8,14H,1-2H2,3-4H3. The third-order valence-corrected chi connectivity index (χ3v) is 3.00. The Bertz CT molecular complexity index is 413. The quantitative estimate of drug-likeness (QED) is 0.652. The van der Waals surface area contributed by atoms with Gasteiger partial charge in [0.25, 0.3) is 0 Å². The number of rotatable bonds is 0. The molecule has 0 aromatic heterocycles. The van der Waals surface area contributed by atoms with Crippen molar-refractivity contribution in [1.29, 1.82) is 0 Å². The maximum atomic E-state index is 4.08. The van der Waals surface area contributed by atoms with Crippen LogP contribution in [0.15, 0.2) is 48.7 Å². The van der Waals surface area contributed by atoms with Crippen molar-refractivity contribution in [2.75, 3.05) is 5.32 Å². The lowest BCUT2D eigenvalue weighted by atomic mass is 9.74. The van der Waals surface area contributed by atoms with Crippen molar-refractivity contribution >= 4 is 5.69 Å². The van der Waals surface area contributed by atoms with Crippen LogP contribution in [0.4, 0.5) is 5.69 Å². The molecule has 0 spiro atoms. The van der Waals surface area contributed by atoms with Crippen molar-refractivity contribution in [3.63, 3.8) is 0 Å². The number of fused-ring (bicyclic) bond motifs is 1.